The van der Waals surface area contributed by atoms with Crippen molar-refractivity contribution >= 4 is 21.7 Å². The van der Waals surface area contributed by atoms with Crippen LogP contribution in [-0.4, -0.2) is 15.6 Å². The van der Waals surface area contributed by atoms with Crippen LogP contribution in [0, 0.1) is 0 Å². The standard InChI is InChI=1S/C14H12BrF3N2O/c1-8(2)20-12(11(15)7-19-20)13(21)9-5-3-4-6-10(9)14(16,17)18/h3-8H,1-2H3. The maximum absolute atomic E-state index is 13.0. The fourth-order valence-corrected chi connectivity index (χ4v) is 2.45. The SMILES string of the molecule is CC(C)n1ncc(Br)c1C(=O)c1ccccc1C(F)(F)F. The van der Waals surface area contributed by atoms with Gasteiger partial charge in [0.15, 0.2) is 0 Å². The topological polar surface area (TPSA) is 34.9 Å². The Balaban J connectivity index is 2.59. The normalized spacial score (nSPS) is 12.0. The van der Waals surface area contributed by atoms with E-state index in [0.717, 1.165) is 6.07 Å². The molecule has 0 aliphatic heterocycles. The van der Waals surface area contributed by atoms with Crippen molar-refractivity contribution in [1.29, 1.82) is 0 Å². The van der Waals surface area contributed by atoms with E-state index in [1.807, 2.05) is 0 Å². The largest absolute Gasteiger partial charge is 0.417 e. The highest BCUT2D eigenvalue weighted by Crippen LogP contribution is 2.34. The maximum Gasteiger partial charge on any atom is 0.417 e. The summed E-state index contributed by atoms with van der Waals surface area (Å²) in [5.74, 6) is -0.707. The van der Waals surface area contributed by atoms with Crippen LogP contribution < -0.4 is 0 Å². The van der Waals surface area contributed by atoms with Gasteiger partial charge in [-0.05, 0) is 35.8 Å². The summed E-state index contributed by atoms with van der Waals surface area (Å²) in [7, 11) is 0. The van der Waals surface area contributed by atoms with Gasteiger partial charge in [-0.3, -0.25) is 9.48 Å². The van der Waals surface area contributed by atoms with Crippen molar-refractivity contribution in [2.24, 2.45) is 0 Å². The first kappa shape index (κ1) is 15.8. The average molecular weight is 361 g/mol. The van der Waals surface area contributed by atoms with E-state index in [9.17, 15) is 18.0 Å². The molecule has 0 saturated heterocycles. The van der Waals surface area contributed by atoms with Crippen LogP contribution >= 0.6 is 15.9 Å². The van der Waals surface area contributed by atoms with Gasteiger partial charge in [-0.25, -0.2) is 0 Å². The van der Waals surface area contributed by atoms with Crippen LogP contribution in [0.5, 0.6) is 0 Å². The molecule has 7 heteroatoms. The Bertz CT molecular complexity index is 677. The highest BCUT2D eigenvalue weighted by Gasteiger charge is 2.36. The van der Waals surface area contributed by atoms with Crippen LogP contribution in [0.4, 0.5) is 13.2 Å². The first-order chi connectivity index (χ1) is 9.73. The summed E-state index contributed by atoms with van der Waals surface area (Å²) in [5.41, 5.74) is -1.21. The van der Waals surface area contributed by atoms with Gasteiger partial charge in [0.1, 0.15) is 5.69 Å². The van der Waals surface area contributed by atoms with Crippen molar-refractivity contribution in [3.63, 3.8) is 0 Å². The van der Waals surface area contributed by atoms with Crippen LogP contribution in [0.3, 0.4) is 0 Å². The maximum atomic E-state index is 13.0. The molecule has 1 aromatic carbocycles. The third kappa shape index (κ3) is 3.02. The second-order valence-electron chi connectivity index (χ2n) is 4.75. The molecule has 0 unspecified atom stereocenters. The Kier molecular flexibility index (Phi) is 4.22. The number of halogens is 4. The number of carbonyl (C=O) groups is 1. The van der Waals surface area contributed by atoms with Gasteiger partial charge in [-0.15, -0.1) is 0 Å². The number of carbonyl (C=O) groups excluding carboxylic acids is 1. The Morgan fingerprint density at radius 2 is 1.90 bits per heavy atom. The molecule has 0 amide bonds. The number of alkyl halides is 3. The van der Waals surface area contributed by atoms with E-state index in [-0.39, 0.29) is 17.3 Å². The van der Waals surface area contributed by atoms with Gasteiger partial charge in [0, 0.05) is 11.6 Å². The predicted molar refractivity (Wildman–Crippen MR) is 75.2 cm³/mol. The number of benzene rings is 1. The molecule has 0 fully saturated rings. The number of rotatable bonds is 3. The van der Waals surface area contributed by atoms with Crippen LogP contribution in [0.25, 0.3) is 0 Å². The first-order valence-corrected chi connectivity index (χ1v) is 6.96. The Labute approximate surface area is 127 Å². The van der Waals surface area contributed by atoms with E-state index in [1.165, 1.54) is 29.1 Å². The minimum atomic E-state index is -4.58. The molecule has 0 spiro atoms. The van der Waals surface area contributed by atoms with E-state index in [2.05, 4.69) is 21.0 Å². The molecule has 0 radical (unpaired) electrons. The minimum absolute atomic E-state index is 0.113. The van der Waals surface area contributed by atoms with E-state index < -0.39 is 17.5 Å². The van der Waals surface area contributed by atoms with Gasteiger partial charge >= 0.3 is 6.18 Å². The van der Waals surface area contributed by atoms with Crippen molar-refractivity contribution in [2.75, 3.05) is 0 Å². The van der Waals surface area contributed by atoms with E-state index in [4.69, 9.17) is 0 Å². The van der Waals surface area contributed by atoms with Crippen LogP contribution in [0.15, 0.2) is 34.9 Å². The lowest BCUT2D eigenvalue weighted by Gasteiger charge is -2.14. The molecule has 21 heavy (non-hydrogen) atoms. The molecule has 0 N–H and O–H groups in total. The molecule has 1 heterocycles. The monoisotopic (exact) mass is 360 g/mol. The van der Waals surface area contributed by atoms with Crippen LogP contribution in [0.2, 0.25) is 0 Å². The van der Waals surface area contributed by atoms with E-state index >= 15 is 0 Å². The Morgan fingerprint density at radius 3 is 2.48 bits per heavy atom. The molecule has 2 rings (SSSR count). The fraction of sp³-hybridized carbons (Fsp3) is 0.286. The zero-order valence-electron chi connectivity index (χ0n) is 11.3. The summed E-state index contributed by atoms with van der Waals surface area (Å²) in [5, 5.41) is 4.02. The van der Waals surface area contributed by atoms with Gasteiger partial charge in [0.25, 0.3) is 0 Å². The number of hydrogen-bond acceptors (Lipinski definition) is 2. The zero-order chi connectivity index (χ0) is 15.8. The lowest BCUT2D eigenvalue weighted by molar-refractivity contribution is -0.137. The average Bonchev–Trinajstić information content (AvgIpc) is 2.79. The lowest BCUT2D eigenvalue weighted by atomic mass is 10.0. The molecule has 2 aromatic rings. The van der Waals surface area contributed by atoms with Gasteiger partial charge in [-0.1, -0.05) is 18.2 Å². The van der Waals surface area contributed by atoms with Crippen molar-refractivity contribution in [3.8, 4) is 0 Å². The van der Waals surface area contributed by atoms with Crippen LogP contribution in [0.1, 0.15) is 41.5 Å². The molecule has 0 saturated carbocycles. The second-order valence-corrected chi connectivity index (χ2v) is 5.61. The van der Waals surface area contributed by atoms with Crippen LogP contribution in [-0.2, 0) is 6.18 Å². The smallest absolute Gasteiger partial charge is 0.287 e. The summed E-state index contributed by atoms with van der Waals surface area (Å²) in [6.45, 7) is 3.60. The highest BCUT2D eigenvalue weighted by molar-refractivity contribution is 9.10. The summed E-state index contributed by atoms with van der Waals surface area (Å²) >= 11 is 3.17. The van der Waals surface area contributed by atoms with Crippen molar-refractivity contribution in [3.05, 3.63) is 51.8 Å². The predicted octanol–water partition coefficient (Wildman–Crippen LogP) is 4.48. The number of ketones is 1. The number of hydrogen-bond donors (Lipinski definition) is 0. The molecular weight excluding hydrogens is 349 g/mol. The summed E-state index contributed by atoms with van der Waals surface area (Å²) in [4.78, 5) is 12.5. The molecule has 0 aliphatic rings. The summed E-state index contributed by atoms with van der Waals surface area (Å²) in [6, 6.07) is 4.60. The molecule has 0 aliphatic carbocycles. The van der Waals surface area contributed by atoms with Gasteiger partial charge in [-0.2, -0.15) is 18.3 Å². The molecular formula is C14H12BrF3N2O. The quantitative estimate of drug-likeness (QED) is 0.756. The van der Waals surface area contributed by atoms with E-state index in [1.54, 1.807) is 13.8 Å². The summed E-state index contributed by atoms with van der Waals surface area (Å²) < 4.78 is 40.8. The molecule has 1 aromatic heterocycles. The number of aromatic nitrogens is 2. The zero-order valence-corrected chi connectivity index (χ0v) is 12.9. The fourth-order valence-electron chi connectivity index (χ4n) is 2.00. The molecule has 0 bridgehead atoms. The third-order valence-electron chi connectivity index (χ3n) is 2.93. The van der Waals surface area contributed by atoms with Crippen molar-refractivity contribution < 1.29 is 18.0 Å². The third-order valence-corrected chi connectivity index (χ3v) is 3.51. The summed E-state index contributed by atoms with van der Waals surface area (Å²) in [6.07, 6.45) is -3.18. The van der Waals surface area contributed by atoms with E-state index in [0.29, 0.717) is 4.47 Å². The minimum Gasteiger partial charge on any atom is -0.287 e. The highest BCUT2D eigenvalue weighted by atomic mass is 79.9. The Hall–Kier alpha value is -1.63. The van der Waals surface area contributed by atoms with Gasteiger partial charge < -0.3 is 0 Å². The molecule has 3 nitrogen and oxygen atoms in total. The van der Waals surface area contributed by atoms with Gasteiger partial charge in [0.05, 0.1) is 16.2 Å². The van der Waals surface area contributed by atoms with Crippen molar-refractivity contribution in [1.82, 2.24) is 9.78 Å². The first-order valence-electron chi connectivity index (χ1n) is 6.17. The van der Waals surface area contributed by atoms with Crippen molar-refractivity contribution in [2.45, 2.75) is 26.1 Å². The number of nitrogens with zero attached hydrogens (tertiary/aromatic N) is 2. The Morgan fingerprint density at radius 1 is 1.29 bits per heavy atom. The molecule has 112 valence electrons. The van der Waals surface area contributed by atoms with Gasteiger partial charge in [0.2, 0.25) is 5.78 Å². The second kappa shape index (κ2) is 5.63. The lowest BCUT2D eigenvalue weighted by Crippen LogP contribution is -2.18. The molecule has 0 atom stereocenters.